The zero-order chi connectivity index (χ0) is 14.9. The Morgan fingerprint density at radius 2 is 1.62 bits per heavy atom. The maximum atomic E-state index is 12.2. The van der Waals surface area contributed by atoms with Crippen molar-refractivity contribution in [3.8, 4) is 0 Å². The Hall–Kier alpha value is -1.70. The summed E-state index contributed by atoms with van der Waals surface area (Å²) in [5.41, 5.74) is 1.52. The number of pyridine rings is 1. The number of rotatable bonds is 9. The summed E-state index contributed by atoms with van der Waals surface area (Å²) < 4.78 is 0. The van der Waals surface area contributed by atoms with Gasteiger partial charge in [0.2, 0.25) is 0 Å². The third-order valence-corrected chi connectivity index (χ3v) is 3.89. The summed E-state index contributed by atoms with van der Waals surface area (Å²) in [7, 11) is 0. The van der Waals surface area contributed by atoms with Crippen LogP contribution in [-0.4, -0.2) is 10.8 Å². The second kappa shape index (κ2) is 8.56. The average molecular weight is 283 g/mol. The lowest BCUT2D eigenvalue weighted by Crippen LogP contribution is -2.02. The van der Waals surface area contributed by atoms with E-state index < -0.39 is 0 Å². The van der Waals surface area contributed by atoms with E-state index in [4.69, 9.17) is 0 Å². The Morgan fingerprint density at radius 3 is 2.43 bits per heavy atom. The molecule has 2 aromatic rings. The number of carbonyl (C=O) groups is 1. The molecular weight excluding hydrogens is 258 g/mol. The minimum Gasteiger partial charge on any atom is -0.292 e. The Morgan fingerprint density at radius 1 is 0.905 bits per heavy atom. The molecule has 2 rings (SSSR count). The Labute approximate surface area is 127 Å². The molecule has 0 fully saturated rings. The molecule has 1 heterocycles. The second-order valence-corrected chi connectivity index (χ2v) is 5.68. The molecule has 0 spiro atoms. The first-order valence-corrected chi connectivity index (χ1v) is 8.20. The van der Waals surface area contributed by atoms with Crippen molar-refractivity contribution >= 4 is 16.7 Å². The summed E-state index contributed by atoms with van der Waals surface area (Å²) in [5, 5.41) is 1.09. The van der Waals surface area contributed by atoms with E-state index in [2.05, 4.69) is 11.9 Å². The number of para-hydroxylation sites is 1. The van der Waals surface area contributed by atoms with Crippen molar-refractivity contribution in [2.75, 3.05) is 0 Å². The lowest BCUT2D eigenvalue weighted by molar-refractivity contribution is 0.0974. The van der Waals surface area contributed by atoms with Crippen molar-refractivity contribution in [3.05, 3.63) is 42.1 Å². The van der Waals surface area contributed by atoms with Crippen LogP contribution in [0.4, 0.5) is 0 Å². The maximum absolute atomic E-state index is 12.2. The van der Waals surface area contributed by atoms with Gasteiger partial charge in [0.15, 0.2) is 5.78 Å². The summed E-state index contributed by atoms with van der Waals surface area (Å²) in [6.45, 7) is 2.23. The fourth-order valence-corrected chi connectivity index (χ4v) is 2.59. The fourth-order valence-electron chi connectivity index (χ4n) is 2.59. The van der Waals surface area contributed by atoms with Crippen LogP contribution in [0.3, 0.4) is 0 Å². The molecule has 0 saturated heterocycles. The third kappa shape index (κ3) is 4.96. The Bertz CT molecular complexity index is 577. The van der Waals surface area contributed by atoms with Crippen LogP contribution in [0.15, 0.2) is 36.4 Å². The number of unbranched alkanes of at least 4 members (excludes halogenated alkanes) is 6. The van der Waals surface area contributed by atoms with Gasteiger partial charge in [-0.3, -0.25) is 4.79 Å². The zero-order valence-electron chi connectivity index (χ0n) is 13.0. The van der Waals surface area contributed by atoms with E-state index >= 15 is 0 Å². The van der Waals surface area contributed by atoms with Gasteiger partial charge in [0.1, 0.15) is 5.69 Å². The van der Waals surface area contributed by atoms with Crippen LogP contribution in [0.1, 0.15) is 68.8 Å². The summed E-state index contributed by atoms with van der Waals surface area (Å²) in [4.78, 5) is 16.6. The molecule has 21 heavy (non-hydrogen) atoms. The van der Waals surface area contributed by atoms with E-state index in [1.807, 2.05) is 36.4 Å². The van der Waals surface area contributed by atoms with Crippen molar-refractivity contribution in [3.63, 3.8) is 0 Å². The van der Waals surface area contributed by atoms with Gasteiger partial charge < -0.3 is 0 Å². The molecule has 0 saturated carbocycles. The summed E-state index contributed by atoms with van der Waals surface area (Å²) in [6.07, 6.45) is 9.26. The standard InChI is InChI=1S/C19H25NO/c1-2-3-4-5-6-7-8-13-19(21)18-15-14-16-11-9-10-12-17(16)20-18/h9-12,14-15H,2-8,13H2,1H3. The lowest BCUT2D eigenvalue weighted by Gasteiger charge is -2.03. The molecule has 0 atom stereocenters. The van der Waals surface area contributed by atoms with Gasteiger partial charge in [-0.1, -0.05) is 69.7 Å². The molecule has 1 aromatic carbocycles. The SMILES string of the molecule is CCCCCCCCCC(=O)c1ccc2ccccc2n1. The van der Waals surface area contributed by atoms with Gasteiger partial charge in [0.05, 0.1) is 5.52 Å². The van der Waals surface area contributed by atoms with Gasteiger partial charge in [-0.25, -0.2) is 4.98 Å². The van der Waals surface area contributed by atoms with E-state index in [-0.39, 0.29) is 5.78 Å². The number of nitrogens with zero attached hydrogens (tertiary/aromatic N) is 1. The highest BCUT2D eigenvalue weighted by Crippen LogP contribution is 2.14. The molecule has 0 aliphatic carbocycles. The highest BCUT2D eigenvalue weighted by molar-refractivity contribution is 5.96. The average Bonchev–Trinajstić information content (AvgIpc) is 2.53. The predicted molar refractivity (Wildman–Crippen MR) is 88.7 cm³/mol. The fraction of sp³-hybridized carbons (Fsp3) is 0.474. The molecule has 0 aliphatic heterocycles. The molecule has 0 unspecified atom stereocenters. The predicted octanol–water partition coefficient (Wildman–Crippen LogP) is 5.56. The van der Waals surface area contributed by atoms with Crippen LogP contribution in [0, 0.1) is 0 Å². The van der Waals surface area contributed by atoms with Crippen LogP contribution in [0.2, 0.25) is 0 Å². The Kier molecular flexibility index (Phi) is 6.39. The van der Waals surface area contributed by atoms with Crippen LogP contribution in [-0.2, 0) is 0 Å². The number of carbonyl (C=O) groups excluding carboxylic acids is 1. The first-order chi connectivity index (χ1) is 10.3. The second-order valence-electron chi connectivity index (χ2n) is 5.68. The number of Topliss-reactive ketones (excluding diaryl/α,β-unsaturated/α-hetero) is 1. The van der Waals surface area contributed by atoms with Gasteiger partial charge in [0, 0.05) is 11.8 Å². The molecule has 0 amide bonds. The van der Waals surface area contributed by atoms with Crippen molar-refractivity contribution in [1.29, 1.82) is 0 Å². The minimum atomic E-state index is 0.175. The van der Waals surface area contributed by atoms with Gasteiger partial charge in [0.25, 0.3) is 0 Å². The monoisotopic (exact) mass is 283 g/mol. The number of hydrogen-bond acceptors (Lipinski definition) is 2. The van der Waals surface area contributed by atoms with Gasteiger partial charge in [-0.15, -0.1) is 0 Å². The molecule has 1 aromatic heterocycles. The Balaban J connectivity index is 1.77. The van der Waals surface area contributed by atoms with Gasteiger partial charge >= 0.3 is 0 Å². The number of benzene rings is 1. The molecule has 0 radical (unpaired) electrons. The minimum absolute atomic E-state index is 0.175. The van der Waals surface area contributed by atoms with Crippen LogP contribution in [0.25, 0.3) is 10.9 Å². The smallest absolute Gasteiger partial charge is 0.181 e. The van der Waals surface area contributed by atoms with Crippen molar-refractivity contribution in [2.45, 2.75) is 58.3 Å². The van der Waals surface area contributed by atoms with E-state index in [9.17, 15) is 4.79 Å². The summed E-state index contributed by atoms with van der Waals surface area (Å²) in [6, 6.07) is 11.8. The number of aromatic nitrogens is 1. The quantitative estimate of drug-likeness (QED) is 0.445. The van der Waals surface area contributed by atoms with Crippen molar-refractivity contribution in [1.82, 2.24) is 4.98 Å². The zero-order valence-corrected chi connectivity index (χ0v) is 13.0. The molecule has 112 valence electrons. The van der Waals surface area contributed by atoms with Gasteiger partial charge in [-0.05, 0) is 18.6 Å². The lowest BCUT2D eigenvalue weighted by atomic mass is 10.1. The largest absolute Gasteiger partial charge is 0.292 e. The van der Waals surface area contributed by atoms with E-state index in [1.54, 1.807) is 0 Å². The van der Waals surface area contributed by atoms with Crippen LogP contribution < -0.4 is 0 Å². The molecule has 0 bridgehead atoms. The van der Waals surface area contributed by atoms with Gasteiger partial charge in [-0.2, -0.15) is 0 Å². The number of hydrogen-bond donors (Lipinski definition) is 0. The highest BCUT2D eigenvalue weighted by Gasteiger charge is 2.07. The highest BCUT2D eigenvalue weighted by atomic mass is 16.1. The molecular formula is C19H25NO. The normalized spacial score (nSPS) is 10.9. The summed E-state index contributed by atoms with van der Waals surface area (Å²) in [5.74, 6) is 0.175. The van der Waals surface area contributed by atoms with E-state index in [0.29, 0.717) is 12.1 Å². The third-order valence-electron chi connectivity index (χ3n) is 3.89. The number of fused-ring (bicyclic) bond motifs is 1. The maximum Gasteiger partial charge on any atom is 0.181 e. The number of ketones is 1. The van der Waals surface area contributed by atoms with Crippen LogP contribution in [0.5, 0.6) is 0 Å². The molecule has 0 aliphatic rings. The molecule has 0 N–H and O–H groups in total. The first-order valence-electron chi connectivity index (χ1n) is 8.20. The molecule has 2 nitrogen and oxygen atoms in total. The van der Waals surface area contributed by atoms with Crippen molar-refractivity contribution < 1.29 is 4.79 Å². The van der Waals surface area contributed by atoms with Crippen LogP contribution >= 0.6 is 0 Å². The summed E-state index contributed by atoms with van der Waals surface area (Å²) >= 11 is 0. The topological polar surface area (TPSA) is 30.0 Å². The van der Waals surface area contributed by atoms with E-state index in [0.717, 1.165) is 23.7 Å². The first kappa shape index (κ1) is 15.7. The van der Waals surface area contributed by atoms with E-state index in [1.165, 1.54) is 32.1 Å². The van der Waals surface area contributed by atoms with Crippen molar-refractivity contribution in [2.24, 2.45) is 0 Å². The molecule has 2 heteroatoms.